The van der Waals surface area contributed by atoms with E-state index in [0.717, 1.165) is 5.56 Å². The first kappa shape index (κ1) is 17.5. The first-order valence-electron chi connectivity index (χ1n) is 7.33. The van der Waals surface area contributed by atoms with E-state index in [0.29, 0.717) is 22.8 Å². The Morgan fingerprint density at radius 2 is 1.79 bits per heavy atom. The van der Waals surface area contributed by atoms with Gasteiger partial charge in [-0.3, -0.25) is 9.59 Å². The molecule has 0 fully saturated rings. The molecule has 0 aromatic heterocycles. The number of hydrogen-bond acceptors (Lipinski definition) is 2. The van der Waals surface area contributed by atoms with E-state index in [9.17, 15) is 9.59 Å². The fraction of sp³-hybridized carbons (Fsp3) is 0.0526. The van der Waals surface area contributed by atoms with Crippen molar-refractivity contribution in [2.24, 2.45) is 0 Å². The Balaban J connectivity index is 2.10. The number of para-hydroxylation sites is 1. The second-order valence-electron chi connectivity index (χ2n) is 4.89. The minimum atomic E-state index is -0.348. The van der Waals surface area contributed by atoms with Gasteiger partial charge in [0.1, 0.15) is 0 Å². The smallest absolute Gasteiger partial charge is 0.253 e. The third-order valence-corrected chi connectivity index (χ3v) is 3.50. The van der Waals surface area contributed by atoms with Crippen LogP contribution in [0.25, 0.3) is 6.08 Å². The quantitative estimate of drug-likeness (QED) is 0.618. The van der Waals surface area contributed by atoms with E-state index < -0.39 is 0 Å². The molecule has 2 N–H and O–H groups in total. The molecule has 122 valence electrons. The number of rotatable bonds is 6. The molecule has 0 aliphatic heterocycles. The highest BCUT2D eigenvalue weighted by molar-refractivity contribution is 6.32. The first-order valence-corrected chi connectivity index (χ1v) is 7.71. The fourth-order valence-corrected chi connectivity index (χ4v) is 2.20. The Hall–Kier alpha value is -2.85. The molecule has 2 amide bonds. The molecule has 0 saturated carbocycles. The molecular weight excluding hydrogens is 324 g/mol. The van der Waals surface area contributed by atoms with Gasteiger partial charge in [-0.15, -0.1) is 6.58 Å². The lowest BCUT2D eigenvalue weighted by Crippen LogP contribution is -2.24. The Labute approximate surface area is 145 Å². The molecule has 0 radical (unpaired) electrons. The number of anilines is 1. The van der Waals surface area contributed by atoms with E-state index in [4.69, 9.17) is 11.6 Å². The minimum Gasteiger partial charge on any atom is -0.349 e. The Bertz CT molecular complexity index is 784. The van der Waals surface area contributed by atoms with Gasteiger partial charge in [0.2, 0.25) is 5.91 Å². The number of nitrogens with one attached hydrogen (secondary N) is 2. The lowest BCUT2D eigenvalue weighted by Gasteiger charge is -2.09. The number of halogens is 1. The lowest BCUT2D eigenvalue weighted by atomic mass is 10.1. The zero-order valence-corrected chi connectivity index (χ0v) is 13.7. The van der Waals surface area contributed by atoms with Crippen molar-refractivity contribution in [2.75, 3.05) is 11.9 Å². The number of amides is 2. The predicted octanol–water partition coefficient (Wildman–Crippen LogP) is 3.91. The van der Waals surface area contributed by atoms with Crippen molar-refractivity contribution in [1.82, 2.24) is 5.32 Å². The molecule has 0 atom stereocenters. The number of carbonyl (C=O) groups is 2. The molecule has 4 nitrogen and oxygen atoms in total. The van der Waals surface area contributed by atoms with Gasteiger partial charge in [-0.25, -0.2) is 0 Å². The van der Waals surface area contributed by atoms with Gasteiger partial charge in [0.15, 0.2) is 0 Å². The number of benzene rings is 2. The number of hydrogen-bond donors (Lipinski definition) is 2. The SMILES string of the molecule is C=CCNC(=O)c1ccccc1NC(=O)C=Cc1ccccc1Cl. The van der Waals surface area contributed by atoms with Gasteiger partial charge in [-0.2, -0.15) is 0 Å². The van der Waals surface area contributed by atoms with Gasteiger partial charge in [0.25, 0.3) is 5.91 Å². The summed E-state index contributed by atoms with van der Waals surface area (Å²) in [5.74, 6) is -0.625. The Morgan fingerprint density at radius 1 is 1.08 bits per heavy atom. The Morgan fingerprint density at radius 3 is 2.54 bits per heavy atom. The highest BCUT2D eigenvalue weighted by Gasteiger charge is 2.11. The summed E-state index contributed by atoms with van der Waals surface area (Å²) in [6.45, 7) is 3.91. The summed E-state index contributed by atoms with van der Waals surface area (Å²) in [5.41, 5.74) is 1.57. The third kappa shape index (κ3) is 4.83. The van der Waals surface area contributed by atoms with Crippen molar-refractivity contribution < 1.29 is 9.59 Å². The van der Waals surface area contributed by atoms with Gasteiger partial charge >= 0.3 is 0 Å². The van der Waals surface area contributed by atoms with Crippen LogP contribution in [0.15, 0.2) is 67.3 Å². The normalized spacial score (nSPS) is 10.4. The van der Waals surface area contributed by atoms with E-state index in [1.807, 2.05) is 18.2 Å². The summed E-state index contributed by atoms with van der Waals surface area (Å²) in [6.07, 6.45) is 4.59. The molecule has 0 unspecified atom stereocenters. The summed E-state index contributed by atoms with van der Waals surface area (Å²) in [7, 11) is 0. The first-order chi connectivity index (χ1) is 11.6. The second kappa shape index (κ2) is 8.70. The van der Waals surface area contributed by atoms with E-state index in [2.05, 4.69) is 17.2 Å². The van der Waals surface area contributed by atoms with Gasteiger partial charge in [-0.05, 0) is 29.8 Å². The average molecular weight is 341 g/mol. The van der Waals surface area contributed by atoms with Gasteiger partial charge in [0.05, 0.1) is 11.3 Å². The maximum Gasteiger partial charge on any atom is 0.253 e. The molecule has 0 spiro atoms. The van der Waals surface area contributed by atoms with Crippen molar-refractivity contribution in [1.29, 1.82) is 0 Å². The van der Waals surface area contributed by atoms with Crippen molar-refractivity contribution in [3.05, 3.63) is 83.4 Å². The van der Waals surface area contributed by atoms with Crippen molar-refractivity contribution in [3.8, 4) is 0 Å². The summed E-state index contributed by atoms with van der Waals surface area (Å²) >= 11 is 6.04. The van der Waals surface area contributed by atoms with Crippen LogP contribution in [0.4, 0.5) is 5.69 Å². The van der Waals surface area contributed by atoms with Gasteiger partial charge in [0, 0.05) is 17.6 Å². The zero-order chi connectivity index (χ0) is 17.4. The van der Waals surface area contributed by atoms with Gasteiger partial charge < -0.3 is 10.6 Å². The molecule has 24 heavy (non-hydrogen) atoms. The summed E-state index contributed by atoms with van der Waals surface area (Å²) < 4.78 is 0. The van der Waals surface area contributed by atoms with Crippen LogP contribution in [0.3, 0.4) is 0 Å². The topological polar surface area (TPSA) is 58.2 Å². The van der Waals surface area contributed by atoms with E-state index in [1.165, 1.54) is 6.08 Å². The monoisotopic (exact) mass is 340 g/mol. The van der Waals surface area contributed by atoms with E-state index >= 15 is 0 Å². The van der Waals surface area contributed by atoms with Crippen molar-refractivity contribution >= 4 is 35.2 Å². The molecule has 0 bridgehead atoms. The van der Waals surface area contributed by atoms with Crippen molar-refractivity contribution in [2.45, 2.75) is 0 Å². The minimum absolute atomic E-state index is 0.277. The number of carbonyl (C=O) groups excluding carboxylic acids is 2. The average Bonchev–Trinajstić information content (AvgIpc) is 2.59. The largest absolute Gasteiger partial charge is 0.349 e. The molecule has 2 aromatic carbocycles. The summed E-state index contributed by atoms with van der Waals surface area (Å²) in [5, 5.41) is 5.95. The van der Waals surface area contributed by atoms with Crippen LogP contribution in [0.5, 0.6) is 0 Å². The molecule has 2 rings (SSSR count). The molecule has 0 heterocycles. The summed E-state index contributed by atoms with van der Waals surface area (Å²) in [6, 6.07) is 14.0. The fourth-order valence-electron chi connectivity index (χ4n) is 2.00. The highest BCUT2D eigenvalue weighted by atomic mass is 35.5. The molecule has 2 aromatic rings. The molecule has 0 aliphatic carbocycles. The maximum absolute atomic E-state index is 12.1. The highest BCUT2D eigenvalue weighted by Crippen LogP contribution is 2.17. The van der Waals surface area contributed by atoms with Crippen molar-refractivity contribution in [3.63, 3.8) is 0 Å². The van der Waals surface area contributed by atoms with Crippen LogP contribution in [-0.2, 0) is 4.79 Å². The lowest BCUT2D eigenvalue weighted by molar-refractivity contribution is -0.111. The molecule has 0 aliphatic rings. The van der Waals surface area contributed by atoms with Crippen LogP contribution in [0.1, 0.15) is 15.9 Å². The van der Waals surface area contributed by atoms with Crippen LogP contribution < -0.4 is 10.6 Å². The summed E-state index contributed by atoms with van der Waals surface area (Å²) in [4.78, 5) is 24.2. The van der Waals surface area contributed by atoms with E-state index in [-0.39, 0.29) is 11.8 Å². The van der Waals surface area contributed by atoms with Crippen LogP contribution in [-0.4, -0.2) is 18.4 Å². The third-order valence-electron chi connectivity index (χ3n) is 3.16. The second-order valence-corrected chi connectivity index (χ2v) is 5.30. The molecular formula is C19H17ClN2O2. The molecule has 5 heteroatoms. The predicted molar refractivity (Wildman–Crippen MR) is 98.1 cm³/mol. The Kier molecular flexibility index (Phi) is 6.34. The van der Waals surface area contributed by atoms with Crippen LogP contribution in [0.2, 0.25) is 5.02 Å². The maximum atomic E-state index is 12.1. The standard InChI is InChI=1S/C19H17ClN2O2/c1-2-13-21-19(24)15-8-4-6-10-17(15)22-18(23)12-11-14-7-3-5-9-16(14)20/h2-12H,1,13H2,(H,21,24)(H,22,23). The van der Waals surface area contributed by atoms with E-state index in [1.54, 1.807) is 42.5 Å². The zero-order valence-electron chi connectivity index (χ0n) is 13.0. The van der Waals surface area contributed by atoms with Gasteiger partial charge in [-0.1, -0.05) is 48.0 Å². The van der Waals surface area contributed by atoms with Crippen LogP contribution >= 0.6 is 11.6 Å². The molecule has 0 saturated heterocycles. The van der Waals surface area contributed by atoms with Crippen LogP contribution in [0, 0.1) is 0 Å².